The van der Waals surface area contributed by atoms with Crippen molar-refractivity contribution >= 4 is 17.5 Å². The predicted molar refractivity (Wildman–Crippen MR) is 97.3 cm³/mol. The molecular weight excluding hydrogens is 312 g/mol. The molecule has 0 saturated carbocycles. The van der Waals surface area contributed by atoms with E-state index in [2.05, 4.69) is 16.7 Å². The molecule has 1 fully saturated rings. The summed E-state index contributed by atoms with van der Waals surface area (Å²) < 4.78 is 0. The zero-order valence-electron chi connectivity index (χ0n) is 14.2. The summed E-state index contributed by atoms with van der Waals surface area (Å²) in [5, 5.41) is 5.95. The van der Waals surface area contributed by atoms with Gasteiger partial charge in [0.15, 0.2) is 0 Å². The SMILES string of the molecule is O=C(CCc1ccccc1)Nc1ccc2c(c1)CC1(CCNC1=O)C2. The van der Waals surface area contributed by atoms with Gasteiger partial charge in [0.1, 0.15) is 0 Å². The van der Waals surface area contributed by atoms with Gasteiger partial charge in [0, 0.05) is 18.7 Å². The number of benzene rings is 2. The minimum atomic E-state index is -0.252. The lowest BCUT2D eigenvalue weighted by molar-refractivity contribution is -0.127. The summed E-state index contributed by atoms with van der Waals surface area (Å²) in [6.07, 6.45) is 3.70. The Hall–Kier alpha value is -2.62. The number of amides is 2. The van der Waals surface area contributed by atoms with E-state index in [0.29, 0.717) is 6.42 Å². The molecule has 25 heavy (non-hydrogen) atoms. The maximum atomic E-state index is 12.2. The molecule has 1 aliphatic heterocycles. The first-order valence-corrected chi connectivity index (χ1v) is 8.89. The fraction of sp³-hybridized carbons (Fsp3) is 0.333. The quantitative estimate of drug-likeness (QED) is 0.903. The molecule has 0 aromatic heterocycles. The number of rotatable bonds is 4. The Morgan fingerprint density at radius 3 is 2.64 bits per heavy atom. The maximum absolute atomic E-state index is 12.2. The van der Waals surface area contributed by atoms with Crippen LogP contribution in [-0.2, 0) is 28.9 Å². The van der Waals surface area contributed by atoms with Gasteiger partial charge in [0.25, 0.3) is 0 Å². The summed E-state index contributed by atoms with van der Waals surface area (Å²) in [6, 6.07) is 16.1. The average molecular weight is 334 g/mol. The van der Waals surface area contributed by atoms with Gasteiger partial charge in [-0.25, -0.2) is 0 Å². The highest BCUT2D eigenvalue weighted by Crippen LogP contribution is 2.42. The normalized spacial score (nSPS) is 21.2. The second-order valence-corrected chi connectivity index (χ2v) is 7.16. The van der Waals surface area contributed by atoms with Crippen molar-refractivity contribution in [2.45, 2.75) is 32.1 Å². The zero-order valence-corrected chi connectivity index (χ0v) is 14.2. The largest absolute Gasteiger partial charge is 0.356 e. The van der Waals surface area contributed by atoms with E-state index < -0.39 is 0 Å². The third kappa shape index (κ3) is 3.16. The van der Waals surface area contributed by atoms with E-state index in [1.807, 2.05) is 42.5 Å². The van der Waals surface area contributed by atoms with Crippen LogP contribution in [0.5, 0.6) is 0 Å². The highest BCUT2D eigenvalue weighted by molar-refractivity contribution is 5.91. The summed E-state index contributed by atoms with van der Waals surface area (Å²) in [5.74, 6) is 0.201. The fourth-order valence-electron chi connectivity index (χ4n) is 4.01. The van der Waals surface area contributed by atoms with E-state index in [9.17, 15) is 9.59 Å². The van der Waals surface area contributed by atoms with Gasteiger partial charge < -0.3 is 10.6 Å². The van der Waals surface area contributed by atoms with Crippen LogP contribution in [-0.4, -0.2) is 18.4 Å². The Kier molecular flexibility index (Phi) is 4.04. The van der Waals surface area contributed by atoms with Crippen molar-refractivity contribution in [2.24, 2.45) is 5.41 Å². The van der Waals surface area contributed by atoms with Gasteiger partial charge in [-0.2, -0.15) is 0 Å². The minimum absolute atomic E-state index is 0.0233. The van der Waals surface area contributed by atoms with Crippen molar-refractivity contribution in [1.29, 1.82) is 0 Å². The fourth-order valence-corrected chi connectivity index (χ4v) is 4.01. The Balaban J connectivity index is 1.39. The molecule has 0 radical (unpaired) electrons. The van der Waals surface area contributed by atoms with Gasteiger partial charge >= 0.3 is 0 Å². The second-order valence-electron chi connectivity index (χ2n) is 7.16. The number of fused-ring (bicyclic) bond motifs is 1. The van der Waals surface area contributed by atoms with Gasteiger partial charge in [-0.15, -0.1) is 0 Å². The van der Waals surface area contributed by atoms with Gasteiger partial charge in [-0.05, 0) is 54.5 Å². The topological polar surface area (TPSA) is 58.2 Å². The summed E-state index contributed by atoms with van der Waals surface area (Å²) >= 11 is 0. The van der Waals surface area contributed by atoms with Crippen molar-refractivity contribution in [3.05, 3.63) is 65.2 Å². The zero-order chi connectivity index (χ0) is 17.3. The van der Waals surface area contributed by atoms with Crippen LogP contribution >= 0.6 is 0 Å². The summed E-state index contributed by atoms with van der Waals surface area (Å²) in [6.45, 7) is 0.774. The van der Waals surface area contributed by atoms with E-state index >= 15 is 0 Å². The minimum Gasteiger partial charge on any atom is -0.356 e. The lowest BCUT2D eigenvalue weighted by atomic mass is 9.83. The molecule has 128 valence electrons. The van der Waals surface area contributed by atoms with Crippen LogP contribution in [0.15, 0.2) is 48.5 Å². The molecule has 2 aliphatic rings. The summed E-state index contributed by atoms with van der Waals surface area (Å²) in [5.41, 5.74) is 4.17. The number of hydrogen-bond acceptors (Lipinski definition) is 2. The number of nitrogens with one attached hydrogen (secondary N) is 2. The standard InChI is InChI=1S/C21H22N2O2/c24-19(9-6-15-4-2-1-3-5-15)23-18-8-7-16-13-21(14-17(16)12-18)10-11-22-20(21)25/h1-5,7-8,12H,6,9-11,13-14H2,(H,22,25)(H,23,24). The Labute approximate surface area is 147 Å². The van der Waals surface area contributed by atoms with Crippen LogP contribution < -0.4 is 10.6 Å². The Bertz CT molecular complexity index is 816. The molecule has 4 nitrogen and oxygen atoms in total. The molecule has 2 amide bonds. The van der Waals surface area contributed by atoms with Gasteiger partial charge in [-0.3, -0.25) is 9.59 Å². The first-order chi connectivity index (χ1) is 12.1. The van der Waals surface area contributed by atoms with E-state index in [-0.39, 0.29) is 17.2 Å². The van der Waals surface area contributed by atoms with Crippen molar-refractivity contribution in [3.63, 3.8) is 0 Å². The van der Waals surface area contributed by atoms with Crippen LogP contribution in [0.2, 0.25) is 0 Å². The molecule has 1 spiro atoms. The van der Waals surface area contributed by atoms with E-state index in [1.54, 1.807) is 0 Å². The molecule has 4 rings (SSSR count). The number of carbonyl (C=O) groups is 2. The highest BCUT2D eigenvalue weighted by atomic mass is 16.2. The van der Waals surface area contributed by atoms with Crippen LogP contribution in [0, 0.1) is 5.41 Å². The smallest absolute Gasteiger partial charge is 0.226 e. The van der Waals surface area contributed by atoms with E-state index in [1.165, 1.54) is 16.7 Å². The molecule has 1 heterocycles. The lowest BCUT2D eigenvalue weighted by Gasteiger charge is -2.17. The lowest BCUT2D eigenvalue weighted by Crippen LogP contribution is -2.31. The molecule has 1 atom stereocenters. The molecule has 2 N–H and O–H groups in total. The van der Waals surface area contributed by atoms with Gasteiger partial charge in [-0.1, -0.05) is 36.4 Å². The van der Waals surface area contributed by atoms with Crippen LogP contribution in [0.1, 0.15) is 29.5 Å². The second kappa shape index (κ2) is 6.36. The molecule has 2 aromatic rings. The monoisotopic (exact) mass is 334 g/mol. The Morgan fingerprint density at radius 2 is 1.88 bits per heavy atom. The first kappa shape index (κ1) is 15.9. The molecule has 0 bridgehead atoms. The molecule has 4 heteroatoms. The number of anilines is 1. The summed E-state index contributed by atoms with van der Waals surface area (Å²) in [4.78, 5) is 24.4. The molecule has 1 aliphatic carbocycles. The van der Waals surface area contributed by atoms with Crippen LogP contribution in [0.3, 0.4) is 0 Å². The van der Waals surface area contributed by atoms with E-state index in [0.717, 1.165) is 37.9 Å². The average Bonchev–Trinajstić information content (AvgIpc) is 3.16. The highest BCUT2D eigenvalue weighted by Gasteiger charge is 2.46. The molecule has 1 saturated heterocycles. The number of hydrogen-bond donors (Lipinski definition) is 2. The molecular formula is C21H22N2O2. The summed E-state index contributed by atoms with van der Waals surface area (Å²) in [7, 11) is 0. The predicted octanol–water partition coefficient (Wildman–Crippen LogP) is 2.86. The van der Waals surface area contributed by atoms with E-state index in [4.69, 9.17) is 0 Å². The van der Waals surface area contributed by atoms with Crippen molar-refractivity contribution in [2.75, 3.05) is 11.9 Å². The van der Waals surface area contributed by atoms with Crippen molar-refractivity contribution in [3.8, 4) is 0 Å². The van der Waals surface area contributed by atoms with Crippen molar-refractivity contribution in [1.82, 2.24) is 5.32 Å². The first-order valence-electron chi connectivity index (χ1n) is 8.89. The van der Waals surface area contributed by atoms with Gasteiger partial charge in [0.05, 0.1) is 5.41 Å². The van der Waals surface area contributed by atoms with Crippen LogP contribution in [0.25, 0.3) is 0 Å². The van der Waals surface area contributed by atoms with Crippen molar-refractivity contribution < 1.29 is 9.59 Å². The molecule has 2 aromatic carbocycles. The number of carbonyl (C=O) groups excluding carboxylic acids is 2. The number of aryl methyl sites for hydroxylation is 1. The van der Waals surface area contributed by atoms with Crippen LogP contribution in [0.4, 0.5) is 5.69 Å². The van der Waals surface area contributed by atoms with Gasteiger partial charge in [0.2, 0.25) is 11.8 Å². The Morgan fingerprint density at radius 1 is 1.08 bits per heavy atom. The molecule has 1 unspecified atom stereocenters. The third-order valence-electron chi connectivity index (χ3n) is 5.40. The third-order valence-corrected chi connectivity index (χ3v) is 5.40. The maximum Gasteiger partial charge on any atom is 0.226 e.